The van der Waals surface area contributed by atoms with Gasteiger partial charge in [0.2, 0.25) is 5.91 Å². The number of likely N-dealkylation sites (tertiary alicyclic amines) is 1. The van der Waals surface area contributed by atoms with Gasteiger partial charge in [-0.15, -0.1) is 0 Å². The van der Waals surface area contributed by atoms with E-state index in [2.05, 4.69) is 0 Å². The van der Waals surface area contributed by atoms with E-state index in [9.17, 15) is 14.7 Å². The molecule has 0 aromatic carbocycles. The summed E-state index contributed by atoms with van der Waals surface area (Å²) in [5.41, 5.74) is 5.68. The molecule has 0 spiro atoms. The molecular formula is C12H23BN2O6. The molecule has 1 aliphatic rings. The Labute approximate surface area is 124 Å². The summed E-state index contributed by atoms with van der Waals surface area (Å²) in [5, 5.41) is 26.9. The molecule has 21 heavy (non-hydrogen) atoms. The molecule has 9 heteroatoms. The summed E-state index contributed by atoms with van der Waals surface area (Å²) in [6.45, 7) is 0.557. The fourth-order valence-electron chi connectivity index (χ4n) is 2.67. The van der Waals surface area contributed by atoms with E-state index in [1.165, 1.54) is 12.0 Å². The SMILES string of the molecule is COCC(N)C(=O)N1C[C@H](CCCB(O)O)[C@H](C(=O)O)C1. The van der Waals surface area contributed by atoms with Crippen molar-refractivity contribution in [2.24, 2.45) is 17.6 Å². The number of aliphatic carboxylic acids is 1. The lowest BCUT2D eigenvalue weighted by Crippen LogP contribution is -2.45. The maximum atomic E-state index is 12.1. The zero-order valence-electron chi connectivity index (χ0n) is 12.1. The molecule has 3 atom stereocenters. The molecule has 1 heterocycles. The molecule has 1 aliphatic heterocycles. The van der Waals surface area contributed by atoms with Crippen LogP contribution in [0.4, 0.5) is 0 Å². The topological polar surface area (TPSA) is 133 Å². The van der Waals surface area contributed by atoms with Crippen LogP contribution in [-0.2, 0) is 14.3 Å². The number of amides is 1. The van der Waals surface area contributed by atoms with Gasteiger partial charge in [-0.1, -0.05) is 6.42 Å². The first kappa shape index (κ1) is 17.9. The van der Waals surface area contributed by atoms with E-state index >= 15 is 0 Å². The van der Waals surface area contributed by atoms with Crippen molar-refractivity contribution in [1.82, 2.24) is 4.90 Å². The van der Waals surface area contributed by atoms with Gasteiger partial charge in [0, 0.05) is 20.2 Å². The van der Waals surface area contributed by atoms with E-state index in [1.54, 1.807) is 0 Å². The maximum absolute atomic E-state index is 12.1. The molecule has 0 aromatic rings. The molecule has 8 nitrogen and oxygen atoms in total. The molecule has 1 unspecified atom stereocenters. The number of rotatable bonds is 8. The van der Waals surface area contributed by atoms with E-state index in [0.717, 1.165) is 0 Å². The molecule has 5 N–H and O–H groups in total. The van der Waals surface area contributed by atoms with Crippen LogP contribution in [0.25, 0.3) is 0 Å². The number of carboxylic acid groups (broad SMARTS) is 1. The number of carbonyl (C=O) groups excluding carboxylic acids is 1. The molecule has 1 amide bonds. The minimum atomic E-state index is -1.39. The van der Waals surface area contributed by atoms with E-state index < -0.39 is 25.0 Å². The van der Waals surface area contributed by atoms with Crippen LogP contribution in [0, 0.1) is 11.8 Å². The normalized spacial score (nSPS) is 23.1. The molecule has 1 saturated heterocycles. The summed E-state index contributed by atoms with van der Waals surface area (Å²) in [6, 6.07) is -0.789. The summed E-state index contributed by atoms with van der Waals surface area (Å²) in [4.78, 5) is 24.8. The zero-order valence-corrected chi connectivity index (χ0v) is 12.1. The second kappa shape index (κ2) is 8.33. The highest BCUT2D eigenvalue weighted by Crippen LogP contribution is 2.28. The van der Waals surface area contributed by atoms with Crippen molar-refractivity contribution >= 4 is 19.0 Å². The summed E-state index contributed by atoms with van der Waals surface area (Å²) < 4.78 is 4.83. The number of hydrogen-bond donors (Lipinski definition) is 4. The Kier molecular flexibility index (Phi) is 7.10. The van der Waals surface area contributed by atoms with Crippen LogP contribution in [0.15, 0.2) is 0 Å². The molecule has 0 saturated carbocycles. The Morgan fingerprint density at radius 1 is 1.43 bits per heavy atom. The maximum Gasteiger partial charge on any atom is 0.451 e. The van der Waals surface area contributed by atoms with Crippen LogP contribution in [0.2, 0.25) is 6.32 Å². The van der Waals surface area contributed by atoms with E-state index in [-0.39, 0.29) is 31.3 Å². The van der Waals surface area contributed by atoms with Gasteiger partial charge in [-0.2, -0.15) is 0 Å². The monoisotopic (exact) mass is 302 g/mol. The third kappa shape index (κ3) is 5.27. The Balaban J connectivity index is 2.59. The number of nitrogens with two attached hydrogens (primary N) is 1. The van der Waals surface area contributed by atoms with Gasteiger partial charge in [-0.3, -0.25) is 9.59 Å². The number of methoxy groups -OCH3 is 1. The fourth-order valence-corrected chi connectivity index (χ4v) is 2.67. The predicted octanol–water partition coefficient (Wildman–Crippen LogP) is -1.63. The van der Waals surface area contributed by atoms with Crippen molar-refractivity contribution in [3.63, 3.8) is 0 Å². The average molecular weight is 302 g/mol. The highest BCUT2D eigenvalue weighted by atomic mass is 16.5. The van der Waals surface area contributed by atoms with E-state index in [0.29, 0.717) is 19.4 Å². The van der Waals surface area contributed by atoms with E-state index in [4.69, 9.17) is 20.5 Å². The fraction of sp³-hybridized carbons (Fsp3) is 0.833. The Bertz CT molecular complexity index is 368. The summed E-state index contributed by atoms with van der Waals surface area (Å²) >= 11 is 0. The van der Waals surface area contributed by atoms with Crippen LogP contribution in [-0.4, -0.2) is 71.9 Å². The first-order valence-electron chi connectivity index (χ1n) is 6.99. The van der Waals surface area contributed by atoms with Crippen molar-refractivity contribution in [2.75, 3.05) is 26.8 Å². The third-order valence-electron chi connectivity index (χ3n) is 3.77. The van der Waals surface area contributed by atoms with Crippen LogP contribution >= 0.6 is 0 Å². The Morgan fingerprint density at radius 2 is 2.10 bits per heavy atom. The minimum absolute atomic E-state index is 0.0917. The van der Waals surface area contributed by atoms with Gasteiger partial charge in [-0.05, 0) is 18.7 Å². The van der Waals surface area contributed by atoms with Gasteiger partial charge < -0.3 is 30.5 Å². The van der Waals surface area contributed by atoms with Gasteiger partial charge in [0.15, 0.2) is 0 Å². The summed E-state index contributed by atoms with van der Waals surface area (Å²) in [6.07, 6.45) is 1.22. The number of ether oxygens (including phenoxy) is 1. The quantitative estimate of drug-likeness (QED) is 0.396. The average Bonchev–Trinajstić information content (AvgIpc) is 2.82. The van der Waals surface area contributed by atoms with Crippen LogP contribution in [0.5, 0.6) is 0 Å². The van der Waals surface area contributed by atoms with Gasteiger partial charge in [0.25, 0.3) is 0 Å². The standard InChI is InChI=1S/C12H23BN2O6/c1-21-7-10(14)11(16)15-5-8(3-2-4-13(19)20)9(6-15)12(17)18/h8-10,19-20H,2-7,14H2,1H3,(H,17,18)/t8-,9+,10?/m0/s1. The van der Waals surface area contributed by atoms with Crippen molar-refractivity contribution in [2.45, 2.75) is 25.2 Å². The molecule has 0 radical (unpaired) electrons. The smallest absolute Gasteiger partial charge is 0.451 e. The highest BCUT2D eigenvalue weighted by Gasteiger charge is 2.40. The molecular weight excluding hydrogens is 279 g/mol. The van der Waals surface area contributed by atoms with Crippen LogP contribution in [0.3, 0.4) is 0 Å². The zero-order chi connectivity index (χ0) is 16.0. The van der Waals surface area contributed by atoms with Gasteiger partial charge >= 0.3 is 13.1 Å². The molecule has 0 aliphatic carbocycles. The third-order valence-corrected chi connectivity index (χ3v) is 3.77. The lowest BCUT2D eigenvalue weighted by atomic mass is 9.80. The molecule has 0 aromatic heterocycles. The minimum Gasteiger partial charge on any atom is -0.481 e. The number of carboxylic acids is 1. The first-order valence-corrected chi connectivity index (χ1v) is 6.99. The Morgan fingerprint density at radius 3 is 2.62 bits per heavy atom. The molecule has 120 valence electrons. The molecule has 1 rings (SSSR count). The van der Waals surface area contributed by atoms with Crippen molar-refractivity contribution < 1.29 is 29.5 Å². The highest BCUT2D eigenvalue weighted by molar-refractivity contribution is 6.40. The molecule has 1 fully saturated rings. The largest absolute Gasteiger partial charge is 0.481 e. The lowest BCUT2D eigenvalue weighted by Gasteiger charge is -2.20. The van der Waals surface area contributed by atoms with Crippen molar-refractivity contribution in [3.8, 4) is 0 Å². The lowest BCUT2D eigenvalue weighted by molar-refractivity contribution is -0.142. The number of nitrogens with zero attached hydrogens (tertiary/aromatic N) is 1. The van der Waals surface area contributed by atoms with Crippen molar-refractivity contribution in [3.05, 3.63) is 0 Å². The van der Waals surface area contributed by atoms with Gasteiger partial charge in [0.1, 0.15) is 6.04 Å². The molecule has 0 bridgehead atoms. The summed E-state index contributed by atoms with van der Waals surface area (Å²) in [5.74, 6) is -2.09. The second-order valence-corrected chi connectivity index (χ2v) is 5.42. The predicted molar refractivity (Wildman–Crippen MR) is 75.3 cm³/mol. The first-order chi connectivity index (χ1) is 9.86. The second-order valence-electron chi connectivity index (χ2n) is 5.42. The van der Waals surface area contributed by atoms with Crippen LogP contribution in [0.1, 0.15) is 12.8 Å². The number of carbonyl (C=O) groups is 2. The number of hydrogen-bond acceptors (Lipinski definition) is 6. The Hall–Kier alpha value is -1.16. The van der Waals surface area contributed by atoms with Gasteiger partial charge in [0.05, 0.1) is 12.5 Å². The summed E-state index contributed by atoms with van der Waals surface area (Å²) in [7, 11) is 0.0581. The van der Waals surface area contributed by atoms with Crippen molar-refractivity contribution in [1.29, 1.82) is 0 Å². The van der Waals surface area contributed by atoms with Gasteiger partial charge in [-0.25, -0.2) is 0 Å². The van der Waals surface area contributed by atoms with E-state index in [1.807, 2.05) is 0 Å². The van der Waals surface area contributed by atoms with Crippen LogP contribution < -0.4 is 5.73 Å².